The molecule has 0 bridgehead atoms. The highest BCUT2D eigenvalue weighted by Gasteiger charge is 2.43. The minimum absolute atomic E-state index is 0.00883. The number of halogens is 3. The van der Waals surface area contributed by atoms with E-state index in [0.29, 0.717) is 108 Å². The van der Waals surface area contributed by atoms with Crippen LogP contribution in [0.15, 0.2) is 128 Å². The molecule has 0 radical (unpaired) electrons. The predicted molar refractivity (Wildman–Crippen MR) is 505 cm³/mol. The molecule has 4 aromatic heterocycles. The molecule has 5 aromatic carbocycles. The maximum absolute atomic E-state index is 14.8. The highest BCUT2D eigenvalue weighted by molar-refractivity contribution is 6.01. The van der Waals surface area contributed by atoms with Crippen LogP contribution in [-0.4, -0.2) is 257 Å². The normalized spacial score (nSPS) is 22.4. The maximum Gasteiger partial charge on any atom is 0.318 e. The highest BCUT2D eigenvalue weighted by Crippen LogP contribution is 2.49. The summed E-state index contributed by atoms with van der Waals surface area (Å²) in [6.45, 7) is 25.6. The number of fused-ring (bicyclic) bond motifs is 6. The number of pyridine rings is 1. The van der Waals surface area contributed by atoms with Crippen molar-refractivity contribution in [2.45, 2.75) is 177 Å². The average molecular weight is 1800 g/mol. The molecule has 8 atom stereocenters. The van der Waals surface area contributed by atoms with Crippen LogP contribution in [0.5, 0.6) is 18.0 Å². The number of hydrogen-bond donors (Lipinski definition) is 0. The number of carbonyl (C=O) groups excluding carboxylic acids is 3. The van der Waals surface area contributed by atoms with Crippen LogP contribution < -0.4 is 43.6 Å². The van der Waals surface area contributed by atoms with Gasteiger partial charge in [0.25, 0.3) is 17.7 Å². The Morgan fingerprint density at radius 1 is 0.444 bits per heavy atom. The van der Waals surface area contributed by atoms with E-state index in [0.717, 1.165) is 119 Å². The first-order valence-corrected chi connectivity index (χ1v) is 47.2. The third-order valence-corrected chi connectivity index (χ3v) is 29.7. The molecule has 19 rings (SSSR count). The summed E-state index contributed by atoms with van der Waals surface area (Å²) in [7, 11) is 6.40. The van der Waals surface area contributed by atoms with Crippen LogP contribution in [-0.2, 0) is 53.3 Å². The SMILES string of the molecule is C=C(F)C(=O)N1CCN(c2nc(OC[C@@H]3CC(c4cc(N5CCc6c(nc(OC[C@@H]7CCCN7C)nc6N6CCN(C(=O)C(=C)F)[C@@H](CC#N)C6)C5)c5c(C)nccc5c4)CN3C)nc3c2CCN(c2cc(C4C[C@@H](COc5nc6c(c(N7CCN(C(=O)C(=C)F)[C@@H](CC#N)C7)n5)CCN(c5cccc7cccc(C8CC8)c57)C6)N(C)C4)cc4cccc(C(C)C)c24)C3)C[C@@H]1CC#N. The second kappa shape index (κ2) is 37.7. The molecule has 0 N–H and O–H groups in total. The molecule has 690 valence electrons. The number of nitrogens with zero attached hydrogens (tertiary/aromatic N) is 22. The molecule has 133 heavy (non-hydrogen) atoms. The van der Waals surface area contributed by atoms with Gasteiger partial charge in [-0.05, 0) is 179 Å². The topological polar surface area (TPSA) is 279 Å². The van der Waals surface area contributed by atoms with Gasteiger partial charge in [0.2, 0.25) is 0 Å². The molecule has 3 amide bonds. The molecule has 7 fully saturated rings. The van der Waals surface area contributed by atoms with Crippen molar-refractivity contribution in [2.75, 3.05) is 169 Å². The van der Waals surface area contributed by atoms with E-state index in [1.54, 1.807) is 0 Å². The van der Waals surface area contributed by atoms with Crippen molar-refractivity contribution in [3.05, 3.63) is 190 Å². The van der Waals surface area contributed by atoms with Crippen molar-refractivity contribution in [3.8, 4) is 36.2 Å². The first-order chi connectivity index (χ1) is 64.4. The van der Waals surface area contributed by atoms with E-state index in [1.165, 1.54) is 71.6 Å². The van der Waals surface area contributed by atoms with Crippen LogP contribution in [0, 0.1) is 40.9 Å². The lowest BCUT2D eigenvalue weighted by molar-refractivity contribution is -0.132. The summed E-state index contributed by atoms with van der Waals surface area (Å²) in [6, 6.07) is 37.0. The summed E-state index contributed by atoms with van der Waals surface area (Å²) < 4.78 is 64.3. The number of likely N-dealkylation sites (N-methyl/N-ethyl adjacent to an activating group) is 3. The fraction of sp³-hybridized carbons (Fsp3) is 0.480. The van der Waals surface area contributed by atoms with Gasteiger partial charge in [-0.25, -0.2) is 13.2 Å². The second-order valence-corrected chi connectivity index (χ2v) is 38.3. The largest absolute Gasteiger partial charge is 0.462 e. The Hall–Kier alpha value is -12.8. The fourth-order valence-corrected chi connectivity index (χ4v) is 22.5. The van der Waals surface area contributed by atoms with Crippen LogP contribution in [0.3, 0.4) is 0 Å². The minimum atomic E-state index is -1.08. The summed E-state index contributed by atoms with van der Waals surface area (Å²) in [5.74, 6) is -2.65. The Bertz CT molecular complexity index is 6230. The Kier molecular flexibility index (Phi) is 25.4. The molecule has 10 aliphatic rings. The number of benzene rings is 5. The van der Waals surface area contributed by atoms with Gasteiger partial charge in [0, 0.05) is 172 Å². The molecule has 28 nitrogen and oxygen atoms in total. The van der Waals surface area contributed by atoms with Crippen LogP contribution in [0.25, 0.3) is 32.3 Å². The lowest BCUT2D eigenvalue weighted by Crippen LogP contribution is -2.55. The number of carbonyl (C=O) groups is 3. The van der Waals surface area contributed by atoms with Crippen LogP contribution in [0.4, 0.5) is 47.7 Å². The average Bonchev–Trinajstić information content (AvgIpc) is 1.71. The van der Waals surface area contributed by atoms with Crippen molar-refractivity contribution in [3.63, 3.8) is 0 Å². The van der Waals surface area contributed by atoms with Crippen molar-refractivity contribution in [1.82, 2.24) is 64.3 Å². The molecular weight excluding hydrogens is 1690 g/mol. The molecule has 9 aliphatic heterocycles. The first-order valence-electron chi connectivity index (χ1n) is 47.2. The molecule has 31 heteroatoms. The molecule has 9 aromatic rings. The van der Waals surface area contributed by atoms with Gasteiger partial charge in [-0.3, -0.25) is 29.2 Å². The molecular formula is C102H115F3N22O6. The van der Waals surface area contributed by atoms with Gasteiger partial charge in [-0.2, -0.15) is 45.7 Å². The first kappa shape index (κ1) is 89.5. The number of aromatic nitrogens is 7. The van der Waals surface area contributed by atoms with E-state index < -0.39 is 53.3 Å². The van der Waals surface area contributed by atoms with Gasteiger partial charge in [-0.15, -0.1) is 0 Å². The van der Waals surface area contributed by atoms with Crippen LogP contribution in [0.2, 0.25) is 0 Å². The Balaban J connectivity index is 0.596. The van der Waals surface area contributed by atoms with Gasteiger partial charge < -0.3 is 63.2 Å². The zero-order valence-electron chi connectivity index (χ0n) is 76.8. The minimum Gasteiger partial charge on any atom is -0.462 e. The Morgan fingerprint density at radius 3 is 1.29 bits per heavy atom. The molecule has 13 heterocycles. The van der Waals surface area contributed by atoms with Crippen molar-refractivity contribution in [2.24, 2.45) is 0 Å². The third-order valence-electron chi connectivity index (χ3n) is 29.7. The summed E-state index contributed by atoms with van der Waals surface area (Å²) in [5, 5.41) is 37.2. The van der Waals surface area contributed by atoms with Gasteiger partial charge in [0.05, 0.1) is 92.3 Å². The van der Waals surface area contributed by atoms with Gasteiger partial charge >= 0.3 is 18.0 Å². The lowest BCUT2D eigenvalue weighted by atomic mass is 9.88. The maximum atomic E-state index is 14.8. The number of nitriles is 3. The van der Waals surface area contributed by atoms with Crippen molar-refractivity contribution in [1.29, 1.82) is 15.8 Å². The second-order valence-electron chi connectivity index (χ2n) is 38.3. The van der Waals surface area contributed by atoms with E-state index in [1.807, 2.05) is 6.20 Å². The van der Waals surface area contributed by atoms with Crippen molar-refractivity contribution < 1.29 is 41.8 Å². The number of piperazine rings is 3. The van der Waals surface area contributed by atoms with Gasteiger partial charge in [-0.1, -0.05) is 94.2 Å². The van der Waals surface area contributed by atoms with Crippen molar-refractivity contribution >= 4 is 84.6 Å². The molecule has 6 saturated heterocycles. The standard InChI is InChI=1S/C102H115F3N22O6/c1-61(2)80-18-11-16-68-44-70(72-46-78(117(8)50-72)59-132-101-110-85-55-119(88-20-12-15-67-14-10-19-81(92(67)88)66-21-22-66)35-27-82(85)94(114-101)122-38-41-125(97(128)62(3)103)74(52-122)23-30-106)49-90(93(68)80)121-37-29-84-87(57-121)112-102(115-96(84)124-40-43-127(99(130)64(5)105)76(54-124)25-32-108)133-60-79-47-73(51-118(79)9)71-45-69-26-33-109-65(6)91(69)89(48-71)120-36-28-83-86(56-120)111-100(131-58-77-17-13-34-116(77)7)113-95(83)123-39-42-126(98(129)63(4)104)75(53-123)24-31-107/h10-12,14-16,18-20,26,33,44-45,48-49,61,66,72-79H,3-5,13,17,21-25,27-29,34-43,46-47,50-60H2,1-2,6-9H3/t72?,73?,74-,75-,76-,77-,78-,79-/m0/s1. The number of hydrogen-bond acceptors (Lipinski definition) is 25. The highest BCUT2D eigenvalue weighted by atomic mass is 19.1. The van der Waals surface area contributed by atoms with Gasteiger partial charge in [0.1, 0.15) is 37.3 Å². The quantitative estimate of drug-likeness (QED) is 0.0481. The number of aryl methyl sites for hydroxylation is 1. The molecule has 0 spiro atoms. The predicted octanol–water partition coefficient (Wildman–Crippen LogP) is 13.4. The monoisotopic (exact) mass is 1800 g/mol. The van der Waals surface area contributed by atoms with E-state index >= 15 is 0 Å². The molecule has 1 saturated carbocycles. The number of likely N-dealkylation sites (tertiary alicyclic amines) is 3. The van der Waals surface area contributed by atoms with E-state index in [9.17, 15) is 43.3 Å². The van der Waals surface area contributed by atoms with Crippen LogP contribution >= 0.6 is 0 Å². The van der Waals surface area contributed by atoms with Gasteiger partial charge in [0.15, 0.2) is 17.5 Å². The summed E-state index contributed by atoms with van der Waals surface area (Å²) in [4.78, 5) is 101. The number of amides is 3. The fourth-order valence-electron chi connectivity index (χ4n) is 22.5. The number of ether oxygens (including phenoxy) is 3. The van der Waals surface area contributed by atoms with E-state index in [4.69, 9.17) is 49.1 Å². The van der Waals surface area contributed by atoms with E-state index in [2.05, 4.69) is 209 Å². The smallest absolute Gasteiger partial charge is 0.318 e. The molecule has 1 aliphatic carbocycles. The summed E-state index contributed by atoms with van der Waals surface area (Å²) >= 11 is 0. The number of anilines is 6. The summed E-state index contributed by atoms with van der Waals surface area (Å²) in [5.41, 5.74) is 14.6. The Labute approximate surface area is 774 Å². The zero-order valence-corrected chi connectivity index (χ0v) is 76.8. The third kappa shape index (κ3) is 17.9. The van der Waals surface area contributed by atoms with E-state index in [-0.39, 0.29) is 119 Å². The lowest BCUT2D eigenvalue weighted by Gasteiger charge is -2.42. The molecule has 2 unspecified atom stereocenters. The van der Waals surface area contributed by atoms with Crippen LogP contribution in [0.1, 0.15) is 157 Å². The summed E-state index contributed by atoms with van der Waals surface area (Å²) in [6.07, 6.45) is 9.61. The zero-order chi connectivity index (χ0) is 92.3. The number of rotatable bonds is 25. The Morgan fingerprint density at radius 2 is 0.865 bits per heavy atom.